The Balaban J connectivity index is 2.15. The molecule has 0 aliphatic rings. The fraction of sp³-hybridized carbons (Fsp3) is 0.400. The first-order valence-electron chi connectivity index (χ1n) is 6.53. The van der Waals surface area contributed by atoms with E-state index in [1.165, 1.54) is 6.07 Å². The molecule has 102 valence electrons. The van der Waals surface area contributed by atoms with Gasteiger partial charge in [0.1, 0.15) is 5.82 Å². The van der Waals surface area contributed by atoms with Crippen molar-refractivity contribution in [2.24, 2.45) is 5.73 Å². The molecule has 1 heterocycles. The molecule has 19 heavy (non-hydrogen) atoms. The number of halogens is 1. The number of nitrogens with zero attached hydrogens (tertiary/aromatic N) is 2. The predicted molar refractivity (Wildman–Crippen MR) is 74.4 cm³/mol. The van der Waals surface area contributed by atoms with E-state index in [2.05, 4.69) is 18.9 Å². The van der Waals surface area contributed by atoms with E-state index in [4.69, 9.17) is 5.73 Å². The van der Waals surface area contributed by atoms with Crippen LogP contribution in [0.25, 0.3) is 0 Å². The van der Waals surface area contributed by atoms with E-state index in [9.17, 15) is 4.39 Å². The molecule has 1 aromatic heterocycles. The summed E-state index contributed by atoms with van der Waals surface area (Å²) in [6.07, 6.45) is 2.47. The highest BCUT2D eigenvalue weighted by atomic mass is 19.1. The lowest BCUT2D eigenvalue weighted by atomic mass is 10.0. The van der Waals surface area contributed by atoms with E-state index in [0.717, 1.165) is 11.3 Å². The van der Waals surface area contributed by atoms with Crippen LogP contribution in [0.2, 0.25) is 0 Å². The smallest absolute Gasteiger partial charge is 0.128 e. The van der Waals surface area contributed by atoms with Crippen molar-refractivity contribution in [3.8, 4) is 0 Å². The largest absolute Gasteiger partial charge is 0.324 e. The quantitative estimate of drug-likeness (QED) is 0.918. The van der Waals surface area contributed by atoms with Gasteiger partial charge in [0.15, 0.2) is 0 Å². The maximum Gasteiger partial charge on any atom is 0.128 e. The van der Waals surface area contributed by atoms with Crippen molar-refractivity contribution >= 4 is 0 Å². The first-order valence-corrected chi connectivity index (χ1v) is 6.53. The van der Waals surface area contributed by atoms with Gasteiger partial charge in [-0.1, -0.05) is 17.7 Å². The number of hydrogen-bond donors (Lipinski definition) is 1. The first-order chi connectivity index (χ1) is 8.97. The van der Waals surface area contributed by atoms with Crippen LogP contribution < -0.4 is 5.73 Å². The molecule has 2 rings (SSSR count). The van der Waals surface area contributed by atoms with Gasteiger partial charge in [0.05, 0.1) is 5.69 Å². The Hall–Kier alpha value is -1.68. The third kappa shape index (κ3) is 3.20. The molecule has 1 aromatic carbocycles. The van der Waals surface area contributed by atoms with Crippen molar-refractivity contribution in [3.63, 3.8) is 0 Å². The van der Waals surface area contributed by atoms with Gasteiger partial charge in [-0.15, -0.1) is 0 Å². The highest BCUT2D eigenvalue weighted by Crippen LogP contribution is 2.20. The van der Waals surface area contributed by atoms with E-state index < -0.39 is 0 Å². The van der Waals surface area contributed by atoms with Gasteiger partial charge in [-0.2, -0.15) is 5.10 Å². The van der Waals surface area contributed by atoms with E-state index in [0.29, 0.717) is 18.0 Å². The minimum atomic E-state index is -0.365. The predicted octanol–water partition coefficient (Wildman–Crippen LogP) is 3.15. The van der Waals surface area contributed by atoms with Crippen molar-refractivity contribution in [1.82, 2.24) is 9.78 Å². The monoisotopic (exact) mass is 261 g/mol. The van der Waals surface area contributed by atoms with Gasteiger partial charge in [0.25, 0.3) is 0 Å². The Morgan fingerprint density at radius 1 is 1.32 bits per heavy atom. The highest BCUT2D eigenvalue weighted by molar-refractivity contribution is 5.27. The Labute approximate surface area is 113 Å². The Bertz CT molecular complexity index is 560. The summed E-state index contributed by atoms with van der Waals surface area (Å²) in [5.74, 6) is -0.249. The van der Waals surface area contributed by atoms with Gasteiger partial charge in [-0.3, -0.25) is 4.68 Å². The summed E-state index contributed by atoms with van der Waals surface area (Å²) in [7, 11) is 0. The summed E-state index contributed by atoms with van der Waals surface area (Å²) in [6.45, 7) is 6.07. The summed E-state index contributed by atoms with van der Waals surface area (Å²) in [6, 6.07) is 6.92. The fourth-order valence-electron chi connectivity index (χ4n) is 2.06. The molecular weight excluding hydrogens is 241 g/mol. The van der Waals surface area contributed by atoms with E-state index in [1.54, 1.807) is 12.1 Å². The minimum Gasteiger partial charge on any atom is -0.324 e. The maximum atomic E-state index is 13.8. The van der Waals surface area contributed by atoms with Gasteiger partial charge in [0.2, 0.25) is 0 Å². The number of aryl methyl sites for hydroxylation is 1. The molecule has 2 aromatic rings. The zero-order valence-corrected chi connectivity index (χ0v) is 11.6. The number of nitrogens with two attached hydrogens (primary N) is 1. The van der Waals surface area contributed by atoms with Crippen molar-refractivity contribution in [3.05, 3.63) is 53.1 Å². The molecule has 0 aliphatic carbocycles. The van der Waals surface area contributed by atoms with Crippen molar-refractivity contribution in [1.29, 1.82) is 0 Å². The second kappa shape index (κ2) is 5.53. The highest BCUT2D eigenvalue weighted by Gasteiger charge is 2.14. The lowest BCUT2D eigenvalue weighted by Crippen LogP contribution is -2.16. The van der Waals surface area contributed by atoms with Crippen LogP contribution in [0.5, 0.6) is 0 Å². The Morgan fingerprint density at radius 2 is 2.05 bits per heavy atom. The molecule has 1 atom stereocenters. The summed E-state index contributed by atoms with van der Waals surface area (Å²) in [5, 5.41) is 4.44. The third-order valence-corrected chi connectivity index (χ3v) is 3.17. The van der Waals surface area contributed by atoms with Crippen molar-refractivity contribution in [2.75, 3.05) is 0 Å². The minimum absolute atomic E-state index is 0.249. The molecule has 2 N–H and O–H groups in total. The number of benzene rings is 1. The zero-order valence-electron chi connectivity index (χ0n) is 11.6. The normalized spacial score (nSPS) is 12.9. The molecule has 0 saturated heterocycles. The van der Waals surface area contributed by atoms with Crippen LogP contribution >= 0.6 is 0 Å². The van der Waals surface area contributed by atoms with Crippen LogP contribution in [-0.4, -0.2) is 9.78 Å². The van der Waals surface area contributed by atoms with Gasteiger partial charge in [0, 0.05) is 30.3 Å². The third-order valence-electron chi connectivity index (χ3n) is 3.17. The van der Waals surface area contributed by atoms with E-state index >= 15 is 0 Å². The molecule has 3 nitrogen and oxygen atoms in total. The molecule has 0 saturated carbocycles. The molecule has 4 heteroatoms. The van der Waals surface area contributed by atoms with Crippen LogP contribution in [0, 0.1) is 12.7 Å². The maximum absolute atomic E-state index is 13.8. The first kappa shape index (κ1) is 13.7. The van der Waals surface area contributed by atoms with Gasteiger partial charge in [-0.05, 0) is 32.9 Å². The fourth-order valence-corrected chi connectivity index (χ4v) is 2.06. The zero-order chi connectivity index (χ0) is 14.0. The second-order valence-corrected chi connectivity index (χ2v) is 5.22. The summed E-state index contributed by atoms with van der Waals surface area (Å²) >= 11 is 0. The van der Waals surface area contributed by atoms with E-state index in [1.807, 2.05) is 23.9 Å². The SMILES string of the molecule is Cc1ccc(F)c(C(N)Cc2ccn(C(C)C)n2)c1. The Morgan fingerprint density at radius 3 is 2.68 bits per heavy atom. The molecular formula is C15H20FN3. The van der Waals surface area contributed by atoms with Crippen LogP contribution in [-0.2, 0) is 6.42 Å². The molecule has 0 radical (unpaired) electrons. The molecule has 1 unspecified atom stereocenters. The number of hydrogen-bond acceptors (Lipinski definition) is 2. The van der Waals surface area contributed by atoms with Gasteiger partial charge in [-0.25, -0.2) is 4.39 Å². The molecule has 0 amide bonds. The Kier molecular flexibility index (Phi) is 4.00. The van der Waals surface area contributed by atoms with Crippen LogP contribution in [0.3, 0.4) is 0 Å². The van der Waals surface area contributed by atoms with Gasteiger partial charge < -0.3 is 5.73 Å². The summed E-state index contributed by atoms with van der Waals surface area (Å²) < 4.78 is 15.6. The standard InChI is InChI=1S/C15H20FN3/c1-10(2)19-7-6-12(18-19)9-15(17)13-8-11(3)4-5-14(13)16/h4-8,10,15H,9,17H2,1-3H3. The number of aromatic nitrogens is 2. The van der Waals surface area contributed by atoms with Crippen molar-refractivity contribution < 1.29 is 4.39 Å². The van der Waals surface area contributed by atoms with Crippen molar-refractivity contribution in [2.45, 2.75) is 39.3 Å². The lowest BCUT2D eigenvalue weighted by molar-refractivity contribution is 0.520. The average Bonchev–Trinajstić information content (AvgIpc) is 2.80. The molecule has 0 spiro atoms. The van der Waals surface area contributed by atoms with Crippen LogP contribution in [0.4, 0.5) is 4.39 Å². The number of rotatable bonds is 4. The summed E-state index contributed by atoms with van der Waals surface area (Å²) in [4.78, 5) is 0. The van der Waals surface area contributed by atoms with Crippen LogP contribution in [0.1, 0.15) is 42.8 Å². The van der Waals surface area contributed by atoms with E-state index in [-0.39, 0.29) is 11.9 Å². The topological polar surface area (TPSA) is 43.8 Å². The lowest BCUT2D eigenvalue weighted by Gasteiger charge is -2.12. The molecule has 0 aliphatic heterocycles. The second-order valence-electron chi connectivity index (χ2n) is 5.22. The van der Waals surface area contributed by atoms with Crippen LogP contribution in [0.15, 0.2) is 30.5 Å². The average molecular weight is 261 g/mol. The summed E-state index contributed by atoms with van der Waals surface area (Å²) in [5.41, 5.74) is 8.55. The molecule has 0 bridgehead atoms. The van der Waals surface area contributed by atoms with Gasteiger partial charge >= 0.3 is 0 Å². The molecule has 0 fully saturated rings.